The third-order valence-corrected chi connectivity index (χ3v) is 5.43. The van der Waals surface area contributed by atoms with Crippen LogP contribution in [0.5, 0.6) is 5.75 Å². The number of amides is 1. The van der Waals surface area contributed by atoms with E-state index in [0.717, 1.165) is 29.0 Å². The average Bonchev–Trinajstić information content (AvgIpc) is 3.09. The molecule has 1 amide bonds. The van der Waals surface area contributed by atoms with E-state index in [0.29, 0.717) is 11.1 Å². The van der Waals surface area contributed by atoms with E-state index < -0.39 is 29.8 Å². The number of aliphatic hydroxyl groups is 1. The lowest BCUT2D eigenvalue weighted by Crippen LogP contribution is -2.29. The van der Waals surface area contributed by atoms with Crippen molar-refractivity contribution in [2.24, 2.45) is 0 Å². The highest BCUT2D eigenvalue weighted by Gasteiger charge is 2.47. The van der Waals surface area contributed by atoms with Crippen LogP contribution in [0, 0.1) is 0 Å². The molecule has 1 fully saturated rings. The number of ketones is 1. The number of hydrogen-bond donors (Lipinski definition) is 1. The number of carbonyl (C=O) groups excluding carboxylic acids is 2. The Kier molecular flexibility index (Phi) is 6.10. The van der Waals surface area contributed by atoms with Crippen molar-refractivity contribution < 1.29 is 32.6 Å². The standard InChI is InChI=1S/C25H19F3N2O4/c1-2-15-6-8-17(9-7-15)22(31)20-21(16-10-12-29-13-11-16)30(24(33)23(20)32)18-4-3-5-19(14-18)34-25(26,27)28/h3-14,21,31H,2H2,1H3/b22-20+. The number of nitrogens with zero attached hydrogens (tertiary/aromatic N) is 2. The number of carbonyl (C=O) groups is 2. The molecule has 0 aliphatic carbocycles. The molecule has 2 heterocycles. The van der Waals surface area contributed by atoms with Crippen molar-refractivity contribution in [1.29, 1.82) is 0 Å². The van der Waals surface area contributed by atoms with Crippen molar-refractivity contribution in [3.63, 3.8) is 0 Å². The molecule has 174 valence electrons. The van der Waals surface area contributed by atoms with Crippen LogP contribution in [-0.2, 0) is 16.0 Å². The zero-order valence-corrected chi connectivity index (χ0v) is 17.9. The predicted octanol–water partition coefficient (Wildman–Crippen LogP) is 5.17. The van der Waals surface area contributed by atoms with Gasteiger partial charge in [0.15, 0.2) is 0 Å². The van der Waals surface area contributed by atoms with Crippen LogP contribution in [0.2, 0.25) is 0 Å². The summed E-state index contributed by atoms with van der Waals surface area (Å²) in [4.78, 5) is 31.2. The molecule has 1 saturated heterocycles. The summed E-state index contributed by atoms with van der Waals surface area (Å²) in [5.74, 6) is -2.87. The molecule has 1 aliphatic rings. The molecular weight excluding hydrogens is 449 g/mol. The Morgan fingerprint density at radius 1 is 1.06 bits per heavy atom. The number of pyridine rings is 1. The third kappa shape index (κ3) is 4.50. The van der Waals surface area contributed by atoms with Crippen LogP contribution in [0.15, 0.2) is 78.6 Å². The van der Waals surface area contributed by atoms with Gasteiger partial charge in [-0.1, -0.05) is 37.3 Å². The molecule has 0 radical (unpaired) electrons. The number of aromatic nitrogens is 1. The van der Waals surface area contributed by atoms with E-state index in [9.17, 15) is 27.9 Å². The second kappa shape index (κ2) is 9.01. The summed E-state index contributed by atoms with van der Waals surface area (Å²) in [5, 5.41) is 11.1. The van der Waals surface area contributed by atoms with Gasteiger partial charge in [-0.2, -0.15) is 0 Å². The lowest BCUT2D eigenvalue weighted by Gasteiger charge is -2.25. The van der Waals surface area contributed by atoms with Crippen molar-refractivity contribution in [3.8, 4) is 5.75 Å². The highest BCUT2D eigenvalue weighted by Crippen LogP contribution is 2.43. The summed E-state index contributed by atoms with van der Waals surface area (Å²) in [5.41, 5.74) is 1.63. The van der Waals surface area contributed by atoms with E-state index in [1.807, 2.05) is 6.92 Å². The van der Waals surface area contributed by atoms with Gasteiger partial charge in [-0.05, 0) is 41.8 Å². The van der Waals surface area contributed by atoms with Gasteiger partial charge >= 0.3 is 6.36 Å². The van der Waals surface area contributed by atoms with Crippen molar-refractivity contribution in [2.75, 3.05) is 4.90 Å². The Morgan fingerprint density at radius 2 is 1.74 bits per heavy atom. The summed E-state index contributed by atoms with van der Waals surface area (Å²) in [6, 6.07) is 13.7. The Labute approximate surface area is 192 Å². The first-order chi connectivity index (χ1) is 16.2. The van der Waals surface area contributed by atoms with Crippen LogP contribution >= 0.6 is 0 Å². The summed E-state index contributed by atoms with van der Waals surface area (Å²) in [6.45, 7) is 1.97. The molecule has 0 saturated carbocycles. The molecule has 1 aliphatic heterocycles. The zero-order chi connectivity index (χ0) is 24.5. The molecule has 0 bridgehead atoms. The maximum absolute atomic E-state index is 13.1. The van der Waals surface area contributed by atoms with Gasteiger partial charge in [0.05, 0.1) is 11.6 Å². The summed E-state index contributed by atoms with van der Waals surface area (Å²) < 4.78 is 42.2. The molecule has 9 heteroatoms. The minimum Gasteiger partial charge on any atom is -0.507 e. The SMILES string of the molecule is CCc1ccc(/C(O)=C2\C(=O)C(=O)N(c3cccc(OC(F)(F)F)c3)C2c2ccncc2)cc1. The minimum atomic E-state index is -4.93. The molecule has 1 N–H and O–H groups in total. The molecule has 6 nitrogen and oxygen atoms in total. The fourth-order valence-electron chi connectivity index (χ4n) is 3.84. The van der Waals surface area contributed by atoms with Crippen LogP contribution in [0.3, 0.4) is 0 Å². The predicted molar refractivity (Wildman–Crippen MR) is 118 cm³/mol. The van der Waals surface area contributed by atoms with Gasteiger partial charge in [0, 0.05) is 29.7 Å². The third-order valence-electron chi connectivity index (χ3n) is 5.43. The number of alkyl halides is 3. The maximum atomic E-state index is 13.1. The molecule has 2 aromatic carbocycles. The van der Waals surface area contributed by atoms with E-state index in [1.54, 1.807) is 36.4 Å². The Morgan fingerprint density at radius 3 is 2.35 bits per heavy atom. The normalized spacial score (nSPS) is 17.8. The minimum absolute atomic E-state index is 0.00560. The summed E-state index contributed by atoms with van der Waals surface area (Å²) >= 11 is 0. The first-order valence-corrected chi connectivity index (χ1v) is 10.4. The Bertz CT molecular complexity index is 1260. The molecule has 0 spiro atoms. The van der Waals surface area contributed by atoms with E-state index >= 15 is 0 Å². The Balaban J connectivity index is 1.87. The van der Waals surface area contributed by atoms with Crippen LogP contribution in [-0.4, -0.2) is 28.1 Å². The van der Waals surface area contributed by atoms with Crippen molar-refractivity contribution in [2.45, 2.75) is 25.7 Å². The quantitative estimate of drug-likeness (QED) is 0.318. The van der Waals surface area contributed by atoms with Crippen LogP contribution in [0.25, 0.3) is 5.76 Å². The highest BCUT2D eigenvalue weighted by molar-refractivity contribution is 6.51. The van der Waals surface area contributed by atoms with Crippen molar-refractivity contribution in [3.05, 3.63) is 95.3 Å². The number of Topliss-reactive ketones (excluding diaryl/α,β-unsaturated/α-hetero) is 1. The number of anilines is 1. The number of aliphatic hydroxyl groups excluding tert-OH is 1. The van der Waals surface area contributed by atoms with Crippen LogP contribution < -0.4 is 9.64 Å². The van der Waals surface area contributed by atoms with Crippen molar-refractivity contribution in [1.82, 2.24) is 4.98 Å². The van der Waals surface area contributed by atoms with Crippen LogP contribution in [0.1, 0.15) is 29.7 Å². The van der Waals surface area contributed by atoms with Gasteiger partial charge in [0.1, 0.15) is 11.5 Å². The molecule has 1 unspecified atom stereocenters. The topological polar surface area (TPSA) is 79.7 Å². The zero-order valence-electron chi connectivity index (χ0n) is 17.9. The lowest BCUT2D eigenvalue weighted by atomic mass is 9.95. The number of hydrogen-bond acceptors (Lipinski definition) is 5. The second-order valence-electron chi connectivity index (χ2n) is 7.55. The van der Waals surface area contributed by atoms with Gasteiger partial charge in [-0.3, -0.25) is 19.5 Å². The van der Waals surface area contributed by atoms with Crippen LogP contribution in [0.4, 0.5) is 18.9 Å². The van der Waals surface area contributed by atoms with E-state index in [4.69, 9.17) is 0 Å². The molecule has 1 aromatic heterocycles. The van der Waals surface area contributed by atoms with Gasteiger partial charge in [0.2, 0.25) is 0 Å². The molecular formula is C25H19F3N2O4. The highest BCUT2D eigenvalue weighted by atomic mass is 19.4. The van der Waals surface area contributed by atoms with E-state index in [1.165, 1.54) is 24.5 Å². The number of halogens is 3. The number of benzene rings is 2. The first kappa shape index (κ1) is 23.0. The molecule has 34 heavy (non-hydrogen) atoms. The van der Waals surface area contributed by atoms with Gasteiger partial charge in [-0.15, -0.1) is 13.2 Å². The fourth-order valence-corrected chi connectivity index (χ4v) is 3.84. The number of aryl methyl sites for hydroxylation is 1. The smallest absolute Gasteiger partial charge is 0.507 e. The summed E-state index contributed by atoms with van der Waals surface area (Å²) in [6.07, 6.45) is -1.25. The Hall–Kier alpha value is -4.14. The largest absolute Gasteiger partial charge is 0.573 e. The molecule has 3 aromatic rings. The molecule has 4 rings (SSSR count). The maximum Gasteiger partial charge on any atom is 0.573 e. The van der Waals surface area contributed by atoms with E-state index in [2.05, 4.69) is 9.72 Å². The van der Waals surface area contributed by atoms with Gasteiger partial charge in [-0.25, -0.2) is 0 Å². The first-order valence-electron chi connectivity index (χ1n) is 10.4. The summed E-state index contributed by atoms with van der Waals surface area (Å²) in [7, 11) is 0. The molecule has 1 atom stereocenters. The fraction of sp³-hybridized carbons (Fsp3) is 0.160. The van der Waals surface area contributed by atoms with Gasteiger partial charge < -0.3 is 9.84 Å². The second-order valence-corrected chi connectivity index (χ2v) is 7.55. The monoisotopic (exact) mass is 468 g/mol. The number of ether oxygens (including phenoxy) is 1. The van der Waals surface area contributed by atoms with E-state index in [-0.39, 0.29) is 17.0 Å². The average molecular weight is 468 g/mol. The van der Waals surface area contributed by atoms with Crippen molar-refractivity contribution >= 4 is 23.1 Å². The lowest BCUT2D eigenvalue weighted by molar-refractivity contribution is -0.274. The van der Waals surface area contributed by atoms with Gasteiger partial charge in [0.25, 0.3) is 11.7 Å². The number of rotatable bonds is 5.